The molecule has 1 N–H and O–H groups in total. The number of nitrogens with one attached hydrogen (secondary N) is 1. The van der Waals surface area contributed by atoms with Gasteiger partial charge in [-0.2, -0.15) is 0 Å². The Bertz CT molecular complexity index is 1730. The van der Waals surface area contributed by atoms with Crippen LogP contribution in [0.25, 0.3) is 0 Å². The normalized spacial score (nSPS) is 19.1. The Hall–Kier alpha value is -4.16. The molecule has 0 radical (unpaired) electrons. The Labute approximate surface area is 276 Å². The minimum absolute atomic E-state index is 0.0577. The summed E-state index contributed by atoms with van der Waals surface area (Å²) >= 11 is 6.25. The second kappa shape index (κ2) is 12.2. The zero-order chi connectivity index (χ0) is 32.8. The summed E-state index contributed by atoms with van der Waals surface area (Å²) < 4.78 is 6.19. The first-order valence-corrected chi connectivity index (χ1v) is 16.3. The number of amides is 1. The highest BCUT2D eigenvalue weighted by atomic mass is 35.5. The molecule has 0 aromatic heterocycles. The van der Waals surface area contributed by atoms with E-state index in [1.807, 2.05) is 55.5 Å². The summed E-state index contributed by atoms with van der Waals surface area (Å²) in [5.74, 6) is -0.308. The van der Waals surface area contributed by atoms with Crippen LogP contribution >= 0.6 is 11.6 Å². The van der Waals surface area contributed by atoms with E-state index < -0.39 is 5.92 Å². The molecule has 2 aliphatic carbocycles. The maximum atomic E-state index is 14.2. The highest BCUT2D eigenvalue weighted by Gasteiger charge is 2.49. The summed E-state index contributed by atoms with van der Waals surface area (Å²) in [4.78, 5) is 43.7. The van der Waals surface area contributed by atoms with Gasteiger partial charge in [0.2, 0.25) is 0 Å². The average Bonchev–Trinajstić information content (AvgIpc) is 2.98. The molecule has 1 aliphatic heterocycles. The van der Waals surface area contributed by atoms with E-state index in [1.54, 1.807) is 12.1 Å². The van der Waals surface area contributed by atoms with Gasteiger partial charge in [0.15, 0.2) is 18.2 Å². The van der Waals surface area contributed by atoms with Gasteiger partial charge in [0.1, 0.15) is 5.75 Å². The SMILES string of the molecule is Cc1ccc(NC(=O)COc2ccccc2C2C3=C(CC(C)(C)CC3=O)N(Cc3ccccc3)C3=C2C(=O)CC(C)(C)C3)cc1Cl. The van der Waals surface area contributed by atoms with Gasteiger partial charge in [0.25, 0.3) is 5.91 Å². The molecule has 0 saturated carbocycles. The fraction of sp³-hybridized carbons (Fsp3) is 0.359. The van der Waals surface area contributed by atoms with Crippen molar-refractivity contribution in [3.05, 3.63) is 117 Å². The maximum Gasteiger partial charge on any atom is 0.262 e. The van der Waals surface area contributed by atoms with Gasteiger partial charge < -0.3 is 15.0 Å². The average molecular weight is 637 g/mol. The van der Waals surface area contributed by atoms with E-state index >= 15 is 0 Å². The molecule has 0 fully saturated rings. The highest BCUT2D eigenvalue weighted by Crippen LogP contribution is 2.55. The van der Waals surface area contributed by atoms with Crippen molar-refractivity contribution in [1.82, 2.24) is 4.90 Å². The zero-order valence-electron chi connectivity index (χ0n) is 27.2. The van der Waals surface area contributed by atoms with Crippen molar-refractivity contribution in [2.24, 2.45) is 10.8 Å². The summed E-state index contributed by atoms with van der Waals surface area (Å²) in [6, 6.07) is 23.1. The Morgan fingerprint density at radius 1 is 0.848 bits per heavy atom. The molecule has 1 amide bonds. The molecule has 0 saturated heterocycles. The number of benzene rings is 3. The number of Topliss-reactive ketones (excluding diaryl/α,β-unsaturated/α-hetero) is 2. The number of hydrogen-bond acceptors (Lipinski definition) is 5. The Morgan fingerprint density at radius 3 is 2.04 bits per heavy atom. The molecule has 0 unspecified atom stereocenters. The predicted molar refractivity (Wildman–Crippen MR) is 182 cm³/mol. The lowest BCUT2D eigenvalue weighted by molar-refractivity contribution is -0.120. The van der Waals surface area contributed by atoms with Gasteiger partial charge in [0.05, 0.1) is 0 Å². The lowest BCUT2D eigenvalue weighted by atomic mass is 9.63. The van der Waals surface area contributed by atoms with Crippen molar-refractivity contribution < 1.29 is 19.1 Å². The maximum absolute atomic E-state index is 14.2. The molecular formula is C39H41ClN2O4. The lowest BCUT2D eigenvalue weighted by Gasteiger charge is -2.49. The van der Waals surface area contributed by atoms with Crippen LogP contribution in [0.3, 0.4) is 0 Å². The van der Waals surface area contributed by atoms with Gasteiger partial charge in [-0.05, 0) is 59.9 Å². The van der Waals surface area contributed by atoms with E-state index in [4.69, 9.17) is 16.3 Å². The van der Waals surface area contributed by atoms with Gasteiger partial charge in [0, 0.05) is 64.1 Å². The van der Waals surface area contributed by atoms with Gasteiger partial charge in [-0.25, -0.2) is 0 Å². The number of anilines is 1. The topological polar surface area (TPSA) is 75.7 Å². The predicted octanol–water partition coefficient (Wildman–Crippen LogP) is 8.55. The summed E-state index contributed by atoms with van der Waals surface area (Å²) in [6.45, 7) is 10.8. The molecule has 46 heavy (non-hydrogen) atoms. The molecule has 3 aromatic rings. The van der Waals surface area contributed by atoms with Crippen LogP contribution in [0.4, 0.5) is 5.69 Å². The molecule has 3 aromatic carbocycles. The molecule has 6 rings (SSSR count). The van der Waals surface area contributed by atoms with Crippen LogP contribution in [0.1, 0.15) is 76.0 Å². The zero-order valence-corrected chi connectivity index (χ0v) is 28.0. The number of hydrogen-bond donors (Lipinski definition) is 1. The summed E-state index contributed by atoms with van der Waals surface area (Å²) in [5, 5.41) is 3.42. The first kappa shape index (κ1) is 31.8. The van der Waals surface area contributed by atoms with Gasteiger partial charge in [-0.3, -0.25) is 14.4 Å². The summed E-state index contributed by atoms with van der Waals surface area (Å²) in [5.41, 5.74) is 6.23. The third-order valence-electron chi connectivity index (χ3n) is 9.25. The number of aryl methyl sites for hydroxylation is 1. The van der Waals surface area contributed by atoms with E-state index in [-0.39, 0.29) is 34.9 Å². The fourth-order valence-electron chi connectivity index (χ4n) is 7.18. The quantitative estimate of drug-likeness (QED) is 0.281. The number of carbonyl (C=O) groups is 3. The Balaban J connectivity index is 1.43. The molecule has 0 bridgehead atoms. The molecule has 3 aliphatic rings. The first-order valence-electron chi connectivity index (χ1n) is 15.9. The lowest BCUT2D eigenvalue weighted by Crippen LogP contribution is -2.44. The number of carbonyl (C=O) groups excluding carboxylic acids is 3. The van der Waals surface area contributed by atoms with Crippen LogP contribution < -0.4 is 10.1 Å². The number of ketones is 2. The van der Waals surface area contributed by atoms with E-state index in [1.165, 1.54) is 0 Å². The number of para-hydroxylation sites is 1. The van der Waals surface area contributed by atoms with Crippen molar-refractivity contribution in [1.29, 1.82) is 0 Å². The van der Waals surface area contributed by atoms with Crippen LogP contribution in [0.2, 0.25) is 5.02 Å². The monoisotopic (exact) mass is 636 g/mol. The Morgan fingerprint density at radius 2 is 1.43 bits per heavy atom. The molecule has 1 heterocycles. The molecule has 6 nitrogen and oxygen atoms in total. The number of ether oxygens (including phenoxy) is 1. The van der Waals surface area contributed by atoms with Gasteiger partial charge in [-0.1, -0.05) is 93.9 Å². The number of halogens is 1. The third kappa shape index (κ3) is 6.41. The van der Waals surface area contributed by atoms with E-state index in [0.717, 1.165) is 28.1 Å². The molecule has 7 heteroatoms. The van der Waals surface area contributed by atoms with Crippen molar-refractivity contribution in [3.63, 3.8) is 0 Å². The minimum atomic E-state index is -0.570. The van der Waals surface area contributed by atoms with E-state index in [2.05, 4.69) is 50.0 Å². The van der Waals surface area contributed by atoms with Crippen LogP contribution in [-0.2, 0) is 20.9 Å². The largest absolute Gasteiger partial charge is 0.483 e. The number of allylic oxidation sites excluding steroid dienone is 4. The van der Waals surface area contributed by atoms with Crippen LogP contribution in [0.15, 0.2) is 95.3 Å². The second-order valence-electron chi connectivity index (χ2n) is 14.4. The van der Waals surface area contributed by atoms with Crippen LogP contribution in [-0.4, -0.2) is 29.0 Å². The van der Waals surface area contributed by atoms with E-state index in [0.29, 0.717) is 59.8 Å². The fourth-order valence-corrected chi connectivity index (χ4v) is 7.36. The minimum Gasteiger partial charge on any atom is -0.483 e. The van der Waals surface area contributed by atoms with Crippen LogP contribution in [0.5, 0.6) is 5.75 Å². The summed E-state index contributed by atoms with van der Waals surface area (Å²) in [7, 11) is 0. The van der Waals surface area contributed by atoms with Crippen LogP contribution in [0, 0.1) is 17.8 Å². The number of nitrogens with zero attached hydrogens (tertiary/aromatic N) is 1. The second-order valence-corrected chi connectivity index (χ2v) is 14.9. The van der Waals surface area contributed by atoms with Gasteiger partial charge in [-0.15, -0.1) is 0 Å². The highest BCUT2D eigenvalue weighted by molar-refractivity contribution is 6.31. The number of rotatable bonds is 7. The molecular weight excluding hydrogens is 596 g/mol. The van der Waals surface area contributed by atoms with Gasteiger partial charge >= 0.3 is 0 Å². The summed E-state index contributed by atoms with van der Waals surface area (Å²) in [6.07, 6.45) is 2.23. The molecule has 0 atom stereocenters. The van der Waals surface area contributed by atoms with Crippen molar-refractivity contribution in [2.75, 3.05) is 11.9 Å². The van der Waals surface area contributed by atoms with Crippen molar-refractivity contribution >= 4 is 34.8 Å². The Kier molecular flexibility index (Phi) is 8.45. The first-order chi connectivity index (χ1) is 21.8. The van der Waals surface area contributed by atoms with Crippen molar-refractivity contribution in [2.45, 2.75) is 72.8 Å². The molecule has 0 spiro atoms. The smallest absolute Gasteiger partial charge is 0.262 e. The standard InChI is InChI=1S/C39H41ClN2O4/c1-24-15-16-26(17-28(24)40)41-34(45)23-46-33-14-10-9-13-27(33)35-36-29(18-38(2,3)20-31(36)43)42(22-25-11-7-6-8-12-25)30-19-39(4,5)21-32(44)37(30)35/h6-17,35H,18-23H2,1-5H3,(H,41,45). The van der Waals surface area contributed by atoms with E-state index in [9.17, 15) is 14.4 Å². The third-order valence-corrected chi connectivity index (χ3v) is 9.66. The molecule has 238 valence electrons. The van der Waals surface area contributed by atoms with Crippen molar-refractivity contribution in [3.8, 4) is 5.75 Å².